The molecule has 21 heavy (non-hydrogen) atoms. The molecule has 106 valence electrons. The summed E-state index contributed by atoms with van der Waals surface area (Å²) >= 11 is 0. The minimum Gasteiger partial charge on any atom is -0.489 e. The second-order valence-corrected chi connectivity index (χ2v) is 4.73. The molecule has 0 amide bonds. The molecule has 0 bridgehead atoms. The minimum absolute atomic E-state index is 0.583. The molecule has 3 nitrogen and oxygen atoms in total. The third-order valence-electron chi connectivity index (χ3n) is 3.15. The predicted molar refractivity (Wildman–Crippen MR) is 83.3 cm³/mol. The summed E-state index contributed by atoms with van der Waals surface area (Å²) in [6.45, 7) is 1.26. The molecule has 0 aliphatic rings. The molecule has 1 N–H and O–H groups in total. The highest BCUT2D eigenvalue weighted by Gasteiger charge is 1.98. The van der Waals surface area contributed by atoms with Gasteiger partial charge >= 0.3 is 0 Å². The van der Waals surface area contributed by atoms with E-state index >= 15 is 0 Å². The maximum absolute atomic E-state index is 5.75. The first kappa shape index (κ1) is 13.3. The molecule has 0 saturated carbocycles. The fraction of sp³-hybridized carbons (Fsp3) is 0.111. The van der Waals surface area contributed by atoms with Crippen molar-refractivity contribution in [2.24, 2.45) is 0 Å². The largest absolute Gasteiger partial charge is 0.489 e. The van der Waals surface area contributed by atoms with Crippen LogP contribution < -0.4 is 10.1 Å². The van der Waals surface area contributed by atoms with Gasteiger partial charge in [0.25, 0.3) is 0 Å². The van der Waals surface area contributed by atoms with Crippen LogP contribution in [0.5, 0.6) is 5.75 Å². The van der Waals surface area contributed by atoms with Crippen molar-refractivity contribution >= 4 is 5.69 Å². The molecule has 0 saturated heterocycles. The molecule has 0 fully saturated rings. The number of benzene rings is 2. The smallest absolute Gasteiger partial charge is 0.122 e. The van der Waals surface area contributed by atoms with Crippen molar-refractivity contribution in [1.29, 1.82) is 0 Å². The fourth-order valence-electron chi connectivity index (χ4n) is 2.01. The molecule has 3 rings (SSSR count). The Morgan fingerprint density at radius 1 is 0.857 bits per heavy atom. The highest BCUT2D eigenvalue weighted by atomic mass is 16.5. The Morgan fingerprint density at radius 2 is 1.67 bits per heavy atom. The number of nitrogens with one attached hydrogen (secondary N) is 1. The standard InChI is InChI=1S/C18H17NO2/c1-2-5-15(6-3-1)14-21-17-10-8-16(9-11-17)19-13-18-7-4-12-20-18/h1-12,19H,13-14H2. The Balaban J connectivity index is 1.52. The van der Waals surface area contributed by atoms with Gasteiger partial charge in [-0.25, -0.2) is 0 Å². The average Bonchev–Trinajstić information content (AvgIpc) is 3.06. The molecule has 0 spiro atoms. The van der Waals surface area contributed by atoms with Crippen LogP contribution in [0.25, 0.3) is 0 Å². The maximum atomic E-state index is 5.75. The van der Waals surface area contributed by atoms with Gasteiger partial charge in [0.05, 0.1) is 12.8 Å². The van der Waals surface area contributed by atoms with E-state index in [1.807, 2.05) is 54.6 Å². The summed E-state index contributed by atoms with van der Waals surface area (Å²) in [7, 11) is 0. The molecule has 2 aromatic carbocycles. The SMILES string of the molecule is c1ccc(COc2ccc(NCc3ccco3)cc2)cc1. The van der Waals surface area contributed by atoms with Gasteiger partial charge in [-0.2, -0.15) is 0 Å². The van der Waals surface area contributed by atoms with Gasteiger partial charge in [0.1, 0.15) is 18.1 Å². The van der Waals surface area contributed by atoms with Crippen LogP contribution in [0.15, 0.2) is 77.4 Å². The van der Waals surface area contributed by atoms with Crippen LogP contribution >= 0.6 is 0 Å². The van der Waals surface area contributed by atoms with Crippen molar-refractivity contribution in [3.8, 4) is 5.75 Å². The van der Waals surface area contributed by atoms with Gasteiger partial charge < -0.3 is 14.5 Å². The number of anilines is 1. The van der Waals surface area contributed by atoms with Gasteiger partial charge in [-0.3, -0.25) is 0 Å². The zero-order valence-electron chi connectivity index (χ0n) is 11.7. The second-order valence-electron chi connectivity index (χ2n) is 4.73. The Kier molecular flexibility index (Phi) is 4.22. The summed E-state index contributed by atoms with van der Waals surface area (Å²) in [5, 5.41) is 3.30. The summed E-state index contributed by atoms with van der Waals surface area (Å²) in [5.74, 6) is 1.78. The van der Waals surface area contributed by atoms with E-state index in [4.69, 9.17) is 9.15 Å². The molecule has 0 radical (unpaired) electrons. The van der Waals surface area contributed by atoms with Crippen LogP contribution in [0.3, 0.4) is 0 Å². The Bertz CT molecular complexity index is 645. The Morgan fingerprint density at radius 3 is 2.38 bits per heavy atom. The van der Waals surface area contributed by atoms with Crippen molar-refractivity contribution in [3.63, 3.8) is 0 Å². The van der Waals surface area contributed by atoms with E-state index in [1.165, 1.54) is 0 Å². The normalized spacial score (nSPS) is 10.3. The lowest BCUT2D eigenvalue weighted by Crippen LogP contribution is -1.98. The van der Waals surface area contributed by atoms with Crippen molar-refractivity contribution in [2.75, 3.05) is 5.32 Å². The van der Waals surface area contributed by atoms with Crippen molar-refractivity contribution in [3.05, 3.63) is 84.3 Å². The molecular weight excluding hydrogens is 262 g/mol. The number of ether oxygens (including phenoxy) is 1. The number of furan rings is 1. The van der Waals surface area contributed by atoms with Crippen LogP contribution in [0, 0.1) is 0 Å². The first-order valence-electron chi connectivity index (χ1n) is 6.93. The lowest BCUT2D eigenvalue weighted by Gasteiger charge is -2.08. The zero-order chi connectivity index (χ0) is 14.3. The molecule has 3 aromatic rings. The molecule has 0 aliphatic heterocycles. The topological polar surface area (TPSA) is 34.4 Å². The van der Waals surface area contributed by atoms with E-state index in [2.05, 4.69) is 17.4 Å². The van der Waals surface area contributed by atoms with Crippen molar-refractivity contribution < 1.29 is 9.15 Å². The Hall–Kier alpha value is -2.68. The summed E-state index contributed by atoms with van der Waals surface area (Å²) < 4.78 is 11.0. The average molecular weight is 279 g/mol. The number of rotatable bonds is 6. The molecule has 1 heterocycles. The Labute approximate surface area is 124 Å². The van der Waals surface area contributed by atoms with Crippen LogP contribution in [0.4, 0.5) is 5.69 Å². The summed E-state index contributed by atoms with van der Waals surface area (Å²) in [4.78, 5) is 0. The van der Waals surface area contributed by atoms with Crippen molar-refractivity contribution in [1.82, 2.24) is 0 Å². The molecular formula is C18H17NO2. The van der Waals surface area contributed by atoms with Gasteiger partial charge in [-0.05, 0) is 42.0 Å². The van der Waals surface area contributed by atoms with Gasteiger partial charge in [0.2, 0.25) is 0 Å². The first-order chi connectivity index (χ1) is 10.4. The summed E-state index contributed by atoms with van der Waals surface area (Å²) in [6.07, 6.45) is 1.68. The van der Waals surface area contributed by atoms with Gasteiger partial charge in [0, 0.05) is 5.69 Å². The molecule has 0 unspecified atom stereocenters. The maximum Gasteiger partial charge on any atom is 0.122 e. The second kappa shape index (κ2) is 6.66. The van der Waals surface area contributed by atoms with Gasteiger partial charge in [-0.15, -0.1) is 0 Å². The van der Waals surface area contributed by atoms with Crippen LogP contribution in [0.1, 0.15) is 11.3 Å². The molecule has 0 atom stereocenters. The fourth-order valence-corrected chi connectivity index (χ4v) is 2.01. The van der Waals surface area contributed by atoms with E-state index in [0.29, 0.717) is 13.2 Å². The minimum atomic E-state index is 0.583. The number of hydrogen-bond acceptors (Lipinski definition) is 3. The van der Waals surface area contributed by atoms with E-state index in [0.717, 1.165) is 22.8 Å². The zero-order valence-corrected chi connectivity index (χ0v) is 11.7. The van der Waals surface area contributed by atoms with Gasteiger partial charge in [-0.1, -0.05) is 30.3 Å². The van der Waals surface area contributed by atoms with Crippen LogP contribution in [-0.4, -0.2) is 0 Å². The predicted octanol–water partition coefficient (Wildman–Crippen LogP) is 4.47. The monoisotopic (exact) mass is 279 g/mol. The highest BCUT2D eigenvalue weighted by Crippen LogP contribution is 2.17. The van der Waals surface area contributed by atoms with E-state index in [1.54, 1.807) is 6.26 Å². The quantitative estimate of drug-likeness (QED) is 0.723. The third kappa shape index (κ3) is 3.89. The van der Waals surface area contributed by atoms with E-state index in [9.17, 15) is 0 Å². The van der Waals surface area contributed by atoms with Gasteiger partial charge in [0.15, 0.2) is 0 Å². The molecule has 1 aromatic heterocycles. The highest BCUT2D eigenvalue weighted by molar-refractivity contribution is 5.46. The van der Waals surface area contributed by atoms with Crippen LogP contribution in [0.2, 0.25) is 0 Å². The van der Waals surface area contributed by atoms with E-state index < -0.39 is 0 Å². The van der Waals surface area contributed by atoms with Crippen LogP contribution in [-0.2, 0) is 13.2 Å². The van der Waals surface area contributed by atoms with E-state index in [-0.39, 0.29) is 0 Å². The summed E-state index contributed by atoms with van der Waals surface area (Å²) in [6, 6.07) is 21.9. The first-order valence-corrected chi connectivity index (χ1v) is 6.93. The third-order valence-corrected chi connectivity index (χ3v) is 3.15. The molecule has 3 heteroatoms. The summed E-state index contributed by atoms with van der Waals surface area (Å²) in [5.41, 5.74) is 2.20. The lowest BCUT2D eigenvalue weighted by molar-refractivity contribution is 0.306. The van der Waals surface area contributed by atoms with Crippen molar-refractivity contribution in [2.45, 2.75) is 13.2 Å². The lowest BCUT2D eigenvalue weighted by atomic mass is 10.2. The molecule has 0 aliphatic carbocycles. The number of hydrogen-bond donors (Lipinski definition) is 1.